The van der Waals surface area contributed by atoms with E-state index in [1.165, 1.54) is 12.8 Å². The van der Waals surface area contributed by atoms with Crippen molar-refractivity contribution in [2.45, 2.75) is 45.1 Å². The van der Waals surface area contributed by atoms with Crippen molar-refractivity contribution in [3.05, 3.63) is 40.9 Å². The highest BCUT2D eigenvalue weighted by atomic mass is 16.2. The molecule has 1 saturated carbocycles. The number of amides is 1. The van der Waals surface area contributed by atoms with Crippen molar-refractivity contribution in [2.24, 2.45) is 11.8 Å². The van der Waals surface area contributed by atoms with Gasteiger partial charge in [-0.3, -0.25) is 9.59 Å². The molecule has 6 nitrogen and oxygen atoms in total. The van der Waals surface area contributed by atoms with Crippen LogP contribution in [0.2, 0.25) is 0 Å². The molecule has 1 saturated heterocycles. The summed E-state index contributed by atoms with van der Waals surface area (Å²) in [4.78, 5) is 35.1. The van der Waals surface area contributed by atoms with Crippen LogP contribution >= 0.6 is 0 Å². The number of H-pyrrole nitrogens is 1. The number of rotatable bonds is 2. The number of nitrogens with one attached hydrogen (secondary N) is 1. The van der Waals surface area contributed by atoms with Crippen molar-refractivity contribution in [1.82, 2.24) is 19.4 Å². The number of fused-ring (bicyclic) bond motifs is 3. The fourth-order valence-corrected chi connectivity index (χ4v) is 5.08. The molecule has 1 amide bonds. The normalized spacial score (nSPS) is 23.7. The molecular formula is C22H26N4O2. The van der Waals surface area contributed by atoms with E-state index < -0.39 is 0 Å². The van der Waals surface area contributed by atoms with Gasteiger partial charge in [0.2, 0.25) is 5.91 Å². The Morgan fingerprint density at radius 1 is 1.18 bits per heavy atom. The minimum atomic E-state index is -0.01000. The van der Waals surface area contributed by atoms with Crippen molar-refractivity contribution in [3.63, 3.8) is 0 Å². The summed E-state index contributed by atoms with van der Waals surface area (Å²) in [6, 6.07) is 3.77. The van der Waals surface area contributed by atoms with Crippen LogP contribution in [0.4, 0.5) is 0 Å². The fraction of sp³-hybridized carbons (Fsp3) is 0.500. The van der Waals surface area contributed by atoms with E-state index >= 15 is 0 Å². The Labute approximate surface area is 163 Å². The Hall–Kier alpha value is -2.63. The maximum absolute atomic E-state index is 13.0. The van der Waals surface area contributed by atoms with Crippen molar-refractivity contribution >= 4 is 27.8 Å². The van der Waals surface area contributed by atoms with Crippen LogP contribution in [0.25, 0.3) is 21.9 Å². The number of likely N-dealkylation sites (tertiary alicyclic amines) is 1. The lowest BCUT2D eigenvalue weighted by Crippen LogP contribution is -2.46. The van der Waals surface area contributed by atoms with Gasteiger partial charge in [-0.15, -0.1) is 0 Å². The standard InChI is InChI=1S/C22H26N4O2/c1-14-7-10-25(22(28)15-4-2-3-5-15)13-18(14)26-11-8-19(27)17-12-24-21-16(20(17)26)6-9-23-21/h6,8-9,11-12,14-15,18H,2-5,7,10,13H2,1H3,(H,23,24)/t14-,18+/m1/s1. The van der Waals surface area contributed by atoms with Crippen LogP contribution < -0.4 is 5.43 Å². The van der Waals surface area contributed by atoms with Gasteiger partial charge in [0.1, 0.15) is 5.65 Å². The lowest BCUT2D eigenvalue weighted by atomic mass is 9.91. The SMILES string of the molecule is C[C@@H]1CCN(C(=O)C2CCCC2)C[C@@H]1n1ccc(=O)c2cnc3[nH]ccc3c21. The van der Waals surface area contributed by atoms with E-state index in [0.717, 1.165) is 42.4 Å². The first-order valence-corrected chi connectivity index (χ1v) is 10.4. The number of nitrogens with zero attached hydrogens (tertiary/aromatic N) is 3. The smallest absolute Gasteiger partial charge is 0.225 e. The summed E-state index contributed by atoms with van der Waals surface area (Å²) in [5.41, 5.74) is 1.70. The van der Waals surface area contributed by atoms with E-state index in [-0.39, 0.29) is 17.4 Å². The van der Waals surface area contributed by atoms with Crippen molar-refractivity contribution in [1.29, 1.82) is 0 Å². The number of carbonyl (C=O) groups excluding carboxylic acids is 1. The molecule has 6 heteroatoms. The van der Waals surface area contributed by atoms with E-state index in [1.807, 2.05) is 18.5 Å². The highest BCUT2D eigenvalue weighted by Gasteiger charge is 2.34. The minimum Gasteiger partial charge on any atom is -0.346 e. The van der Waals surface area contributed by atoms with Gasteiger partial charge in [0.25, 0.3) is 0 Å². The van der Waals surface area contributed by atoms with E-state index in [4.69, 9.17) is 0 Å². The summed E-state index contributed by atoms with van der Waals surface area (Å²) in [5, 5.41) is 1.60. The van der Waals surface area contributed by atoms with Gasteiger partial charge >= 0.3 is 0 Å². The first-order valence-electron chi connectivity index (χ1n) is 10.4. The second-order valence-corrected chi connectivity index (χ2v) is 8.45. The highest BCUT2D eigenvalue weighted by molar-refractivity contribution is 6.02. The molecule has 146 valence electrons. The molecule has 1 aliphatic heterocycles. The zero-order chi connectivity index (χ0) is 19.3. The molecule has 2 aliphatic rings. The molecule has 2 atom stereocenters. The molecule has 3 aromatic heterocycles. The molecule has 0 unspecified atom stereocenters. The van der Waals surface area contributed by atoms with Crippen LogP contribution in [0.3, 0.4) is 0 Å². The summed E-state index contributed by atoms with van der Waals surface area (Å²) >= 11 is 0. The zero-order valence-corrected chi connectivity index (χ0v) is 16.2. The van der Waals surface area contributed by atoms with E-state index in [2.05, 4.69) is 26.4 Å². The molecule has 2 fully saturated rings. The summed E-state index contributed by atoms with van der Waals surface area (Å²) in [5.74, 6) is 0.967. The van der Waals surface area contributed by atoms with Crippen molar-refractivity contribution in [3.8, 4) is 0 Å². The first-order chi connectivity index (χ1) is 13.6. The molecule has 3 aromatic rings. The molecule has 4 heterocycles. The number of carbonyl (C=O) groups is 1. The van der Waals surface area contributed by atoms with Crippen LogP contribution in [0.5, 0.6) is 0 Å². The van der Waals surface area contributed by atoms with E-state index in [0.29, 0.717) is 23.8 Å². The molecular weight excluding hydrogens is 352 g/mol. The molecule has 0 bridgehead atoms. The monoisotopic (exact) mass is 378 g/mol. The third kappa shape index (κ3) is 2.74. The average molecular weight is 378 g/mol. The largest absolute Gasteiger partial charge is 0.346 e. The summed E-state index contributed by atoms with van der Waals surface area (Å²) in [7, 11) is 0. The van der Waals surface area contributed by atoms with Gasteiger partial charge in [-0.25, -0.2) is 4.98 Å². The molecule has 0 spiro atoms. The Morgan fingerprint density at radius 3 is 2.82 bits per heavy atom. The quantitative estimate of drug-likeness (QED) is 0.742. The Balaban J connectivity index is 1.58. The van der Waals surface area contributed by atoms with Gasteiger partial charge in [0.05, 0.1) is 16.9 Å². The number of hydrogen-bond donors (Lipinski definition) is 1. The second-order valence-electron chi connectivity index (χ2n) is 8.45. The zero-order valence-electron chi connectivity index (χ0n) is 16.2. The molecule has 0 aromatic carbocycles. The number of pyridine rings is 2. The fourth-order valence-electron chi connectivity index (χ4n) is 5.08. The molecule has 0 radical (unpaired) electrons. The maximum atomic E-state index is 13.0. The molecule has 28 heavy (non-hydrogen) atoms. The van der Waals surface area contributed by atoms with Gasteiger partial charge in [0.15, 0.2) is 5.43 Å². The summed E-state index contributed by atoms with van der Waals surface area (Å²) in [6.07, 6.45) is 10.8. The maximum Gasteiger partial charge on any atom is 0.225 e. The lowest BCUT2D eigenvalue weighted by Gasteiger charge is -2.40. The minimum absolute atomic E-state index is 0.01000. The summed E-state index contributed by atoms with van der Waals surface area (Å²) in [6.45, 7) is 3.80. The average Bonchev–Trinajstić information content (AvgIpc) is 3.40. The third-order valence-electron chi connectivity index (χ3n) is 6.76. The number of piperidine rings is 1. The van der Waals surface area contributed by atoms with Crippen LogP contribution in [0, 0.1) is 11.8 Å². The van der Waals surface area contributed by atoms with Crippen LogP contribution in [0.15, 0.2) is 35.5 Å². The van der Waals surface area contributed by atoms with Gasteiger partial charge in [-0.1, -0.05) is 19.8 Å². The van der Waals surface area contributed by atoms with Gasteiger partial charge in [0, 0.05) is 49.1 Å². The van der Waals surface area contributed by atoms with Crippen molar-refractivity contribution < 1.29 is 4.79 Å². The molecule has 5 rings (SSSR count). The predicted molar refractivity (Wildman–Crippen MR) is 109 cm³/mol. The molecule has 1 N–H and O–H groups in total. The number of hydrogen-bond acceptors (Lipinski definition) is 3. The van der Waals surface area contributed by atoms with Crippen LogP contribution in [0.1, 0.15) is 45.1 Å². The van der Waals surface area contributed by atoms with E-state index in [9.17, 15) is 9.59 Å². The van der Waals surface area contributed by atoms with Gasteiger partial charge in [-0.05, 0) is 31.2 Å². The third-order valence-corrected chi connectivity index (χ3v) is 6.76. The number of aromatic nitrogens is 3. The van der Waals surface area contributed by atoms with Crippen LogP contribution in [-0.4, -0.2) is 38.4 Å². The van der Waals surface area contributed by atoms with Crippen molar-refractivity contribution in [2.75, 3.05) is 13.1 Å². The topological polar surface area (TPSA) is 71.0 Å². The molecule has 1 aliphatic carbocycles. The Bertz CT molecular complexity index is 1090. The van der Waals surface area contributed by atoms with Gasteiger partial charge in [-0.2, -0.15) is 0 Å². The lowest BCUT2D eigenvalue weighted by molar-refractivity contribution is -0.137. The summed E-state index contributed by atoms with van der Waals surface area (Å²) < 4.78 is 2.22. The second kappa shape index (κ2) is 6.76. The number of aromatic amines is 1. The van der Waals surface area contributed by atoms with Gasteiger partial charge < -0.3 is 14.5 Å². The predicted octanol–water partition coefficient (Wildman–Crippen LogP) is 3.48. The Morgan fingerprint density at radius 2 is 2.00 bits per heavy atom. The highest BCUT2D eigenvalue weighted by Crippen LogP contribution is 2.34. The first kappa shape index (κ1) is 17.5. The van der Waals surface area contributed by atoms with E-state index in [1.54, 1.807) is 12.3 Å². The van der Waals surface area contributed by atoms with Crippen LogP contribution in [-0.2, 0) is 4.79 Å². The Kier molecular flexibility index (Phi) is 4.22.